The molecule has 0 saturated carbocycles. The number of pyridine rings is 1. The van der Waals surface area contributed by atoms with Gasteiger partial charge in [-0.1, -0.05) is 17.7 Å². The molecule has 0 unspecified atom stereocenters. The average Bonchev–Trinajstić information content (AvgIpc) is 2.46. The van der Waals surface area contributed by atoms with Crippen LogP contribution in [0.2, 0.25) is 5.02 Å². The van der Waals surface area contributed by atoms with Crippen molar-refractivity contribution in [2.45, 2.75) is 26.4 Å². The Morgan fingerprint density at radius 1 is 1.29 bits per heavy atom. The van der Waals surface area contributed by atoms with Crippen LogP contribution in [0, 0.1) is 0 Å². The minimum absolute atomic E-state index is 0.00249. The molecule has 0 atom stereocenters. The first-order chi connectivity index (χ1) is 9.99. The number of nitrogens with two attached hydrogens (primary N) is 1. The second kappa shape index (κ2) is 6.33. The molecule has 0 aliphatic heterocycles. The van der Waals surface area contributed by atoms with Gasteiger partial charge in [0.15, 0.2) is 0 Å². The zero-order valence-electron chi connectivity index (χ0n) is 12.4. The fourth-order valence-corrected chi connectivity index (χ4v) is 2.54. The van der Waals surface area contributed by atoms with Crippen molar-refractivity contribution in [1.29, 1.82) is 0 Å². The Labute approximate surface area is 129 Å². The van der Waals surface area contributed by atoms with Crippen LogP contribution in [-0.4, -0.2) is 11.7 Å². The first kappa shape index (κ1) is 15.6. The summed E-state index contributed by atoms with van der Waals surface area (Å²) < 4.78 is 7.11. The van der Waals surface area contributed by atoms with E-state index in [1.165, 1.54) is 0 Å². The summed E-state index contributed by atoms with van der Waals surface area (Å²) in [6, 6.07) is 9.01. The number of nitrogens with zero attached hydrogens (tertiary/aromatic N) is 1. The summed E-state index contributed by atoms with van der Waals surface area (Å²) in [5.74, 6) is 0.675. The van der Waals surface area contributed by atoms with Crippen LogP contribution in [0.4, 0.5) is 0 Å². The number of hydrogen-bond acceptors (Lipinski definition) is 3. The molecule has 1 aromatic carbocycles. The van der Waals surface area contributed by atoms with Gasteiger partial charge in [0.25, 0.3) is 5.56 Å². The van der Waals surface area contributed by atoms with Crippen LogP contribution < -0.4 is 16.0 Å². The fourth-order valence-electron chi connectivity index (χ4n) is 2.36. The first-order valence-electron chi connectivity index (χ1n) is 6.78. The van der Waals surface area contributed by atoms with E-state index in [2.05, 4.69) is 0 Å². The number of methoxy groups -OCH3 is 1. The molecule has 0 fully saturated rings. The van der Waals surface area contributed by atoms with Gasteiger partial charge in [0.05, 0.1) is 12.8 Å². The van der Waals surface area contributed by atoms with E-state index in [1.807, 2.05) is 19.9 Å². The molecular weight excluding hydrogens is 288 g/mol. The molecule has 112 valence electrons. The average molecular weight is 307 g/mol. The highest BCUT2D eigenvalue weighted by Crippen LogP contribution is 2.33. The van der Waals surface area contributed by atoms with Gasteiger partial charge in [-0.25, -0.2) is 0 Å². The van der Waals surface area contributed by atoms with Gasteiger partial charge in [0, 0.05) is 28.7 Å². The van der Waals surface area contributed by atoms with E-state index >= 15 is 0 Å². The molecular formula is C16H19ClN2O2. The maximum absolute atomic E-state index is 12.5. The maximum Gasteiger partial charge on any atom is 0.255 e. The van der Waals surface area contributed by atoms with Crippen molar-refractivity contribution in [2.24, 2.45) is 5.73 Å². The van der Waals surface area contributed by atoms with Crippen LogP contribution >= 0.6 is 11.6 Å². The van der Waals surface area contributed by atoms with Gasteiger partial charge in [0.2, 0.25) is 0 Å². The molecule has 5 heteroatoms. The molecule has 2 rings (SSSR count). The maximum atomic E-state index is 12.5. The molecule has 0 spiro atoms. The number of benzene rings is 1. The third-order valence-corrected chi connectivity index (χ3v) is 3.60. The van der Waals surface area contributed by atoms with Crippen molar-refractivity contribution in [3.63, 3.8) is 0 Å². The van der Waals surface area contributed by atoms with Crippen LogP contribution in [-0.2, 0) is 6.54 Å². The number of ether oxygens (including phenoxy) is 1. The third-order valence-electron chi connectivity index (χ3n) is 3.37. The molecule has 0 amide bonds. The lowest BCUT2D eigenvalue weighted by molar-refractivity contribution is 0.415. The Morgan fingerprint density at radius 2 is 2.00 bits per heavy atom. The Kier molecular flexibility index (Phi) is 4.70. The topological polar surface area (TPSA) is 57.2 Å². The molecule has 1 heterocycles. The van der Waals surface area contributed by atoms with E-state index in [0.29, 0.717) is 16.3 Å². The summed E-state index contributed by atoms with van der Waals surface area (Å²) in [4.78, 5) is 12.5. The van der Waals surface area contributed by atoms with E-state index in [0.717, 1.165) is 11.3 Å². The van der Waals surface area contributed by atoms with Crippen LogP contribution in [0.1, 0.15) is 25.5 Å². The van der Waals surface area contributed by atoms with Gasteiger partial charge in [-0.15, -0.1) is 0 Å². The molecule has 4 nitrogen and oxygen atoms in total. The first-order valence-corrected chi connectivity index (χ1v) is 7.15. The van der Waals surface area contributed by atoms with Gasteiger partial charge in [-0.05, 0) is 38.1 Å². The van der Waals surface area contributed by atoms with E-state index in [1.54, 1.807) is 35.9 Å². The van der Waals surface area contributed by atoms with Crippen molar-refractivity contribution in [2.75, 3.05) is 7.11 Å². The zero-order valence-corrected chi connectivity index (χ0v) is 13.1. The molecule has 0 aliphatic rings. The predicted octanol–water partition coefficient (Wildman–Crippen LogP) is 3.22. The van der Waals surface area contributed by atoms with Gasteiger partial charge in [0.1, 0.15) is 5.75 Å². The fraction of sp³-hybridized carbons (Fsp3) is 0.312. The van der Waals surface area contributed by atoms with E-state index in [9.17, 15) is 4.79 Å². The summed E-state index contributed by atoms with van der Waals surface area (Å²) in [7, 11) is 1.60. The van der Waals surface area contributed by atoms with E-state index < -0.39 is 0 Å². The lowest BCUT2D eigenvalue weighted by Crippen LogP contribution is -2.28. The molecule has 0 bridgehead atoms. The summed E-state index contributed by atoms with van der Waals surface area (Å²) in [5, 5.41) is 0.594. The number of hydrogen-bond donors (Lipinski definition) is 1. The molecule has 21 heavy (non-hydrogen) atoms. The Morgan fingerprint density at radius 3 is 2.57 bits per heavy atom. The summed E-state index contributed by atoms with van der Waals surface area (Å²) in [5.41, 5.74) is 7.70. The predicted molar refractivity (Wildman–Crippen MR) is 86.0 cm³/mol. The normalized spacial score (nSPS) is 11.0. The van der Waals surface area contributed by atoms with Crippen LogP contribution in [0.15, 0.2) is 35.1 Å². The monoisotopic (exact) mass is 306 g/mol. The highest BCUT2D eigenvalue weighted by atomic mass is 35.5. The SMILES string of the molecule is COc1ccc(Cl)cc1-c1ccc(CN)c(=O)n1C(C)C. The van der Waals surface area contributed by atoms with Gasteiger partial charge >= 0.3 is 0 Å². The van der Waals surface area contributed by atoms with Crippen molar-refractivity contribution in [3.05, 3.63) is 51.3 Å². The molecule has 0 saturated heterocycles. The summed E-state index contributed by atoms with van der Waals surface area (Å²) >= 11 is 6.09. The van der Waals surface area contributed by atoms with E-state index in [-0.39, 0.29) is 18.1 Å². The van der Waals surface area contributed by atoms with Crippen LogP contribution in [0.5, 0.6) is 5.75 Å². The van der Waals surface area contributed by atoms with Crippen molar-refractivity contribution >= 4 is 11.6 Å². The Bertz CT molecular complexity index is 708. The highest BCUT2D eigenvalue weighted by Gasteiger charge is 2.15. The Hall–Kier alpha value is -1.78. The molecule has 0 radical (unpaired) electrons. The minimum Gasteiger partial charge on any atom is -0.496 e. The third kappa shape index (κ3) is 2.96. The van der Waals surface area contributed by atoms with Crippen LogP contribution in [0.3, 0.4) is 0 Å². The lowest BCUT2D eigenvalue weighted by Gasteiger charge is -2.19. The molecule has 2 N–H and O–H groups in total. The second-order valence-electron chi connectivity index (χ2n) is 5.06. The van der Waals surface area contributed by atoms with Gasteiger partial charge in [-0.3, -0.25) is 4.79 Å². The number of aromatic nitrogens is 1. The van der Waals surface area contributed by atoms with Crippen LogP contribution in [0.25, 0.3) is 11.3 Å². The summed E-state index contributed by atoms with van der Waals surface area (Å²) in [6.07, 6.45) is 0. The quantitative estimate of drug-likeness (QED) is 0.943. The van der Waals surface area contributed by atoms with E-state index in [4.69, 9.17) is 22.1 Å². The number of halogens is 1. The van der Waals surface area contributed by atoms with Gasteiger partial charge < -0.3 is 15.0 Å². The van der Waals surface area contributed by atoms with Crippen molar-refractivity contribution in [1.82, 2.24) is 4.57 Å². The minimum atomic E-state index is -0.0768. The highest BCUT2D eigenvalue weighted by molar-refractivity contribution is 6.30. The molecule has 2 aromatic rings. The standard InChI is InChI=1S/C16H19ClN2O2/c1-10(2)19-14(6-4-11(9-18)16(19)20)13-8-12(17)5-7-15(13)21-3/h4-8,10H,9,18H2,1-3H3. The Balaban J connectivity index is 2.78. The second-order valence-corrected chi connectivity index (χ2v) is 5.50. The summed E-state index contributed by atoms with van der Waals surface area (Å²) in [6.45, 7) is 4.14. The van der Waals surface area contributed by atoms with Gasteiger partial charge in [-0.2, -0.15) is 0 Å². The van der Waals surface area contributed by atoms with Crippen molar-refractivity contribution < 1.29 is 4.74 Å². The molecule has 1 aromatic heterocycles. The molecule has 0 aliphatic carbocycles. The smallest absolute Gasteiger partial charge is 0.255 e. The lowest BCUT2D eigenvalue weighted by atomic mass is 10.1. The largest absolute Gasteiger partial charge is 0.496 e. The number of rotatable bonds is 4. The van der Waals surface area contributed by atoms with Crippen molar-refractivity contribution in [3.8, 4) is 17.0 Å². The zero-order chi connectivity index (χ0) is 15.6.